The SMILES string of the molecule is COc1ccc2[nH]c3cnc(-c4cnn(C)c4)cc3c2c1. The van der Waals surface area contributed by atoms with E-state index < -0.39 is 0 Å². The van der Waals surface area contributed by atoms with Crippen molar-refractivity contribution in [3.05, 3.63) is 42.9 Å². The molecule has 1 N–H and O–H groups in total. The molecule has 104 valence electrons. The Hall–Kier alpha value is -2.82. The number of ether oxygens (including phenoxy) is 1. The van der Waals surface area contributed by atoms with Gasteiger partial charge in [0.05, 0.1) is 30.7 Å². The fourth-order valence-electron chi connectivity index (χ4n) is 2.62. The zero-order chi connectivity index (χ0) is 14.4. The summed E-state index contributed by atoms with van der Waals surface area (Å²) in [4.78, 5) is 7.89. The molecule has 5 nitrogen and oxygen atoms in total. The Balaban J connectivity index is 1.98. The van der Waals surface area contributed by atoms with Crippen molar-refractivity contribution >= 4 is 21.8 Å². The number of pyridine rings is 1. The van der Waals surface area contributed by atoms with E-state index in [9.17, 15) is 0 Å². The van der Waals surface area contributed by atoms with Crippen LogP contribution in [0.1, 0.15) is 0 Å². The minimum Gasteiger partial charge on any atom is -0.497 e. The molecular weight excluding hydrogens is 264 g/mol. The molecule has 1 aromatic carbocycles. The zero-order valence-corrected chi connectivity index (χ0v) is 11.8. The van der Waals surface area contributed by atoms with E-state index in [1.807, 2.05) is 43.8 Å². The van der Waals surface area contributed by atoms with Gasteiger partial charge in [-0.1, -0.05) is 0 Å². The van der Waals surface area contributed by atoms with Crippen molar-refractivity contribution in [3.63, 3.8) is 0 Å². The van der Waals surface area contributed by atoms with Gasteiger partial charge in [0.2, 0.25) is 0 Å². The standard InChI is InChI=1S/C16H14N4O/c1-20-9-10(7-18-20)15-6-13-12-5-11(21-2)3-4-14(12)19-16(13)8-17-15/h3-9,19H,1-2H3. The van der Waals surface area contributed by atoms with Crippen LogP contribution in [0.5, 0.6) is 5.75 Å². The second-order valence-corrected chi connectivity index (χ2v) is 5.05. The summed E-state index contributed by atoms with van der Waals surface area (Å²) >= 11 is 0. The minimum absolute atomic E-state index is 0.850. The van der Waals surface area contributed by atoms with Crippen LogP contribution in [0.25, 0.3) is 33.1 Å². The van der Waals surface area contributed by atoms with E-state index in [0.29, 0.717) is 0 Å². The quantitative estimate of drug-likeness (QED) is 0.613. The topological polar surface area (TPSA) is 55.7 Å². The van der Waals surface area contributed by atoms with Crippen molar-refractivity contribution in [3.8, 4) is 17.0 Å². The maximum Gasteiger partial charge on any atom is 0.119 e. The van der Waals surface area contributed by atoms with Gasteiger partial charge in [0.25, 0.3) is 0 Å². The summed E-state index contributed by atoms with van der Waals surface area (Å²) in [5, 5.41) is 6.47. The molecule has 0 atom stereocenters. The van der Waals surface area contributed by atoms with Crippen molar-refractivity contribution in [2.45, 2.75) is 0 Å². The van der Waals surface area contributed by atoms with Crippen LogP contribution in [-0.4, -0.2) is 26.9 Å². The number of methoxy groups -OCH3 is 1. The Morgan fingerprint density at radius 3 is 2.71 bits per heavy atom. The van der Waals surface area contributed by atoms with Gasteiger partial charge in [0.1, 0.15) is 5.75 Å². The van der Waals surface area contributed by atoms with Gasteiger partial charge < -0.3 is 9.72 Å². The third kappa shape index (κ3) is 1.86. The lowest BCUT2D eigenvalue weighted by molar-refractivity contribution is 0.415. The van der Waals surface area contributed by atoms with Gasteiger partial charge in [-0.2, -0.15) is 5.10 Å². The number of hydrogen-bond donors (Lipinski definition) is 1. The smallest absolute Gasteiger partial charge is 0.119 e. The van der Waals surface area contributed by atoms with Gasteiger partial charge in [-0.25, -0.2) is 0 Å². The second kappa shape index (κ2) is 4.34. The highest BCUT2D eigenvalue weighted by Crippen LogP contribution is 2.30. The molecule has 0 spiro atoms. The Kier molecular flexibility index (Phi) is 2.47. The average molecular weight is 278 g/mol. The van der Waals surface area contributed by atoms with Crippen LogP contribution in [0.3, 0.4) is 0 Å². The lowest BCUT2D eigenvalue weighted by Crippen LogP contribution is -1.84. The summed E-state index contributed by atoms with van der Waals surface area (Å²) in [6.45, 7) is 0. The summed E-state index contributed by atoms with van der Waals surface area (Å²) in [5.74, 6) is 0.850. The van der Waals surface area contributed by atoms with Crippen LogP contribution in [0.15, 0.2) is 42.9 Å². The first-order valence-corrected chi connectivity index (χ1v) is 6.69. The molecule has 0 unspecified atom stereocenters. The monoisotopic (exact) mass is 278 g/mol. The van der Waals surface area contributed by atoms with Crippen LogP contribution in [0.2, 0.25) is 0 Å². The van der Waals surface area contributed by atoms with Gasteiger partial charge in [-0.15, -0.1) is 0 Å². The number of aryl methyl sites for hydroxylation is 1. The number of rotatable bonds is 2. The summed E-state index contributed by atoms with van der Waals surface area (Å²) in [6.07, 6.45) is 5.65. The summed E-state index contributed by atoms with van der Waals surface area (Å²) in [6, 6.07) is 8.11. The number of hydrogen-bond acceptors (Lipinski definition) is 3. The van der Waals surface area contributed by atoms with Crippen LogP contribution in [-0.2, 0) is 7.05 Å². The third-order valence-electron chi connectivity index (χ3n) is 3.69. The average Bonchev–Trinajstić information content (AvgIpc) is 3.09. The number of nitrogens with one attached hydrogen (secondary N) is 1. The fraction of sp³-hybridized carbons (Fsp3) is 0.125. The number of benzene rings is 1. The third-order valence-corrected chi connectivity index (χ3v) is 3.69. The molecule has 3 heterocycles. The van der Waals surface area contributed by atoms with Gasteiger partial charge in [-0.05, 0) is 24.3 Å². The first-order chi connectivity index (χ1) is 10.2. The number of aromatic amines is 1. The van der Waals surface area contributed by atoms with Crippen LogP contribution in [0.4, 0.5) is 0 Å². The molecule has 21 heavy (non-hydrogen) atoms. The first kappa shape index (κ1) is 12.0. The lowest BCUT2D eigenvalue weighted by Gasteiger charge is -1.99. The van der Waals surface area contributed by atoms with E-state index in [-0.39, 0.29) is 0 Å². The predicted octanol–water partition coefficient (Wildman–Crippen LogP) is 3.13. The molecule has 0 saturated carbocycles. The van der Waals surface area contributed by atoms with E-state index in [1.54, 1.807) is 11.8 Å². The number of aromatic nitrogens is 4. The Labute approximate surface area is 121 Å². The van der Waals surface area contributed by atoms with Crippen LogP contribution >= 0.6 is 0 Å². The molecule has 0 aliphatic heterocycles. The molecule has 4 rings (SSSR count). The van der Waals surface area contributed by atoms with Crippen molar-refractivity contribution in [1.29, 1.82) is 0 Å². The molecule has 4 aromatic rings. The molecule has 3 aromatic heterocycles. The normalized spacial score (nSPS) is 11.3. The number of fused-ring (bicyclic) bond motifs is 3. The lowest BCUT2D eigenvalue weighted by atomic mass is 10.1. The molecule has 0 aliphatic rings. The molecule has 0 amide bonds. The van der Waals surface area contributed by atoms with Crippen molar-refractivity contribution in [1.82, 2.24) is 19.7 Å². The maximum absolute atomic E-state index is 5.32. The highest BCUT2D eigenvalue weighted by molar-refractivity contribution is 6.08. The van der Waals surface area contributed by atoms with Crippen LogP contribution < -0.4 is 4.74 Å². The molecule has 5 heteroatoms. The second-order valence-electron chi connectivity index (χ2n) is 5.05. The number of nitrogens with zero attached hydrogens (tertiary/aromatic N) is 3. The van der Waals surface area contributed by atoms with Gasteiger partial charge in [0.15, 0.2) is 0 Å². The molecule has 0 aliphatic carbocycles. The molecule has 0 saturated heterocycles. The first-order valence-electron chi connectivity index (χ1n) is 6.69. The van der Waals surface area contributed by atoms with E-state index in [1.165, 1.54) is 0 Å². The fourth-order valence-corrected chi connectivity index (χ4v) is 2.62. The van der Waals surface area contributed by atoms with Crippen molar-refractivity contribution < 1.29 is 4.74 Å². The zero-order valence-electron chi connectivity index (χ0n) is 11.8. The Morgan fingerprint density at radius 2 is 1.95 bits per heavy atom. The highest BCUT2D eigenvalue weighted by atomic mass is 16.5. The summed E-state index contributed by atoms with van der Waals surface area (Å²) < 4.78 is 7.09. The van der Waals surface area contributed by atoms with Gasteiger partial charge in [0, 0.05) is 35.1 Å². The van der Waals surface area contributed by atoms with E-state index in [0.717, 1.165) is 38.8 Å². The van der Waals surface area contributed by atoms with E-state index in [4.69, 9.17) is 4.74 Å². The van der Waals surface area contributed by atoms with E-state index >= 15 is 0 Å². The van der Waals surface area contributed by atoms with Crippen molar-refractivity contribution in [2.24, 2.45) is 7.05 Å². The molecule has 0 radical (unpaired) electrons. The largest absolute Gasteiger partial charge is 0.497 e. The Bertz CT molecular complexity index is 951. The number of H-pyrrole nitrogens is 1. The van der Waals surface area contributed by atoms with Gasteiger partial charge in [-0.3, -0.25) is 9.67 Å². The summed E-state index contributed by atoms with van der Waals surface area (Å²) in [5.41, 5.74) is 4.03. The summed E-state index contributed by atoms with van der Waals surface area (Å²) in [7, 11) is 3.58. The maximum atomic E-state index is 5.32. The highest BCUT2D eigenvalue weighted by Gasteiger charge is 2.09. The minimum atomic E-state index is 0.850. The van der Waals surface area contributed by atoms with Crippen molar-refractivity contribution in [2.75, 3.05) is 7.11 Å². The molecule has 0 bridgehead atoms. The molecule has 0 fully saturated rings. The predicted molar refractivity (Wildman–Crippen MR) is 82.4 cm³/mol. The van der Waals surface area contributed by atoms with E-state index in [2.05, 4.69) is 21.1 Å². The molecular formula is C16H14N4O. The Morgan fingerprint density at radius 1 is 1.10 bits per heavy atom. The van der Waals surface area contributed by atoms with Gasteiger partial charge >= 0.3 is 0 Å². The van der Waals surface area contributed by atoms with Crippen LogP contribution in [0, 0.1) is 0 Å².